The molecule has 0 bridgehead atoms. The summed E-state index contributed by atoms with van der Waals surface area (Å²) in [4.78, 5) is 67.1. The van der Waals surface area contributed by atoms with Crippen LogP contribution in [0.2, 0.25) is 36.3 Å². The number of amides is 1. The Morgan fingerprint density at radius 1 is 0.818 bits per heavy atom. The van der Waals surface area contributed by atoms with Crippen LogP contribution in [0.3, 0.4) is 0 Å². The van der Waals surface area contributed by atoms with Crippen LogP contribution in [0.5, 0.6) is 5.75 Å². The predicted octanol–water partition coefficient (Wildman–Crippen LogP) is 5.36. The van der Waals surface area contributed by atoms with E-state index in [-0.39, 0.29) is 42.6 Å². The second kappa shape index (κ2) is 22.2. The van der Waals surface area contributed by atoms with Gasteiger partial charge in [0.05, 0.1) is 19.7 Å². The number of rotatable bonds is 20. The average Bonchev–Trinajstić information content (AvgIpc) is 3.49. The van der Waals surface area contributed by atoms with Crippen molar-refractivity contribution in [2.75, 3.05) is 20.2 Å². The van der Waals surface area contributed by atoms with Gasteiger partial charge in [-0.2, -0.15) is 0 Å². The number of hydrogen-bond donors (Lipinski definition) is 4. The maximum Gasteiger partial charge on any atom is 0.333 e. The number of ether oxygens (including phenoxy) is 4. The van der Waals surface area contributed by atoms with Gasteiger partial charge in [-0.1, -0.05) is 53.7 Å². The highest BCUT2D eigenvalue weighted by Crippen LogP contribution is 2.46. The second-order valence-electron chi connectivity index (χ2n) is 22.3. The third-order valence-electron chi connectivity index (χ3n) is 12.3. The second-order valence-corrected chi connectivity index (χ2v) is 31.8. The first-order valence-electron chi connectivity index (χ1n) is 22.9. The van der Waals surface area contributed by atoms with Crippen LogP contribution in [-0.4, -0.2) is 117 Å². The normalized spacial score (nSPS) is 20.0. The number of methoxy groups -OCH3 is 1. The Kier molecular flexibility index (Phi) is 19.0. The third kappa shape index (κ3) is 15.7. The Labute approximate surface area is 394 Å². The summed E-state index contributed by atoms with van der Waals surface area (Å²) >= 11 is 0. The fourth-order valence-corrected chi connectivity index (χ4v) is 9.21. The Balaban J connectivity index is 2.08. The minimum atomic E-state index is -2.74. The van der Waals surface area contributed by atoms with Gasteiger partial charge in [-0.05, 0) is 115 Å². The molecule has 1 amide bonds. The van der Waals surface area contributed by atoms with Crippen molar-refractivity contribution in [2.45, 2.75) is 199 Å². The van der Waals surface area contributed by atoms with Crippen molar-refractivity contribution in [1.82, 2.24) is 19.8 Å². The molecular formula is C47H81N5O12Si2. The van der Waals surface area contributed by atoms with E-state index in [1.54, 1.807) is 72.9 Å². The zero-order valence-corrected chi connectivity index (χ0v) is 44.7. The lowest BCUT2D eigenvalue weighted by Gasteiger charge is -2.44. The number of nitrogens with zero attached hydrogens (tertiary/aromatic N) is 2. The summed E-state index contributed by atoms with van der Waals surface area (Å²) in [5.41, 5.74) is 3.99. The predicted molar refractivity (Wildman–Crippen MR) is 259 cm³/mol. The number of carbonyl (C=O) groups is 3. The summed E-state index contributed by atoms with van der Waals surface area (Å²) in [5.74, 6) is -1.03. The van der Waals surface area contributed by atoms with Crippen LogP contribution < -0.4 is 32.4 Å². The summed E-state index contributed by atoms with van der Waals surface area (Å²) in [7, 11) is -3.92. The third-order valence-corrected chi connectivity index (χ3v) is 21.3. The summed E-state index contributed by atoms with van der Waals surface area (Å²) in [6.45, 7) is 31.5. The zero-order valence-electron chi connectivity index (χ0n) is 42.7. The molecule has 1 aliphatic rings. The van der Waals surface area contributed by atoms with E-state index in [2.05, 4.69) is 78.4 Å². The number of nitrogens with one attached hydrogen (secondary N) is 2. The minimum absolute atomic E-state index is 0.0167. The molecule has 1 aromatic carbocycles. The Hall–Kier alpha value is -3.70. The number of aliphatic hydroxyl groups is 1. The van der Waals surface area contributed by atoms with Gasteiger partial charge in [0.25, 0.3) is 5.56 Å². The number of hydrogen-bond acceptors (Lipinski definition) is 14. The van der Waals surface area contributed by atoms with E-state index in [1.807, 2.05) is 0 Å². The van der Waals surface area contributed by atoms with Crippen LogP contribution in [-0.2, 0) is 44.0 Å². The Bertz CT molecular complexity index is 2060. The van der Waals surface area contributed by atoms with E-state index in [4.69, 9.17) is 33.5 Å². The molecule has 1 fully saturated rings. The molecule has 0 radical (unpaired) electrons. The molecule has 3 rings (SSSR count). The molecule has 1 aliphatic heterocycles. The summed E-state index contributed by atoms with van der Waals surface area (Å²) in [6, 6.07) is 6.02. The van der Waals surface area contributed by atoms with Crippen LogP contribution in [0, 0.1) is 0 Å². The minimum Gasteiger partial charge on any atom is -0.497 e. The highest BCUT2D eigenvalue weighted by molar-refractivity contribution is 6.74. The van der Waals surface area contributed by atoms with E-state index in [1.165, 1.54) is 16.8 Å². The molecule has 2 heterocycles. The van der Waals surface area contributed by atoms with Crippen molar-refractivity contribution in [2.24, 2.45) is 5.73 Å². The van der Waals surface area contributed by atoms with Crippen molar-refractivity contribution in [3.8, 4) is 5.75 Å². The molecule has 0 aliphatic carbocycles. The van der Waals surface area contributed by atoms with E-state index < -0.39 is 99.7 Å². The monoisotopic (exact) mass is 964 g/mol. The lowest BCUT2D eigenvalue weighted by Crippen LogP contribution is -2.59. The van der Waals surface area contributed by atoms with Gasteiger partial charge in [-0.3, -0.25) is 28.3 Å². The number of nitrogens with two attached hydrogens (primary N) is 1. The number of aliphatic hydroxyl groups excluding tert-OH is 1. The Morgan fingerprint density at radius 2 is 1.36 bits per heavy atom. The number of benzene rings is 1. The van der Waals surface area contributed by atoms with E-state index in [9.17, 15) is 29.1 Å². The molecular weight excluding hydrogens is 883 g/mol. The van der Waals surface area contributed by atoms with E-state index in [0.29, 0.717) is 17.7 Å². The molecule has 0 spiro atoms. The van der Waals surface area contributed by atoms with Gasteiger partial charge in [0, 0.05) is 25.2 Å². The van der Waals surface area contributed by atoms with Crippen LogP contribution in [0.15, 0.2) is 46.1 Å². The summed E-state index contributed by atoms with van der Waals surface area (Å²) in [5, 5.41) is 17.9. The molecule has 2 aromatic rings. The number of esters is 2. The lowest BCUT2D eigenvalue weighted by atomic mass is 9.99. The van der Waals surface area contributed by atoms with Crippen molar-refractivity contribution in [1.29, 1.82) is 0 Å². The van der Waals surface area contributed by atoms with Gasteiger partial charge < -0.3 is 49.3 Å². The zero-order chi connectivity index (χ0) is 50.4. The lowest BCUT2D eigenvalue weighted by molar-refractivity contribution is -0.166. The van der Waals surface area contributed by atoms with Gasteiger partial charge >= 0.3 is 17.6 Å². The van der Waals surface area contributed by atoms with Crippen molar-refractivity contribution >= 4 is 34.5 Å². The highest BCUT2D eigenvalue weighted by atomic mass is 28.4. The maximum atomic E-state index is 14.6. The fourth-order valence-electron chi connectivity index (χ4n) is 6.63. The fraction of sp³-hybridized carbons (Fsp3) is 0.723. The molecule has 1 aromatic heterocycles. The van der Waals surface area contributed by atoms with Gasteiger partial charge in [0.2, 0.25) is 5.91 Å². The summed E-state index contributed by atoms with van der Waals surface area (Å²) < 4.78 is 40.1. The van der Waals surface area contributed by atoms with E-state index in [0.717, 1.165) is 4.57 Å². The SMILES string of the molecule is COc1ccc(Cn2c(=O)ccn([C@@H]3O[C@H]([C@H](O)[C@H](NCCCNC(=O)[C@@H](N)CCC(=O)OC(C)(C)C)C(=O)OC(C)(C)C)[C@@H](O[Si](C)(C)C(C)(C)C)[C@H]3O[Si](C)(C)C(C)(C)C)c2=O)cc1. The van der Waals surface area contributed by atoms with E-state index >= 15 is 0 Å². The van der Waals surface area contributed by atoms with Crippen molar-refractivity contribution in [3.63, 3.8) is 0 Å². The molecule has 66 heavy (non-hydrogen) atoms. The maximum absolute atomic E-state index is 14.6. The molecule has 7 atom stereocenters. The van der Waals surface area contributed by atoms with Crippen LogP contribution >= 0.6 is 0 Å². The van der Waals surface area contributed by atoms with Crippen molar-refractivity contribution in [3.05, 3.63) is 62.9 Å². The summed E-state index contributed by atoms with van der Waals surface area (Å²) in [6.07, 6.45) is -4.32. The Morgan fingerprint density at radius 3 is 1.88 bits per heavy atom. The molecule has 17 nitrogen and oxygen atoms in total. The standard InChI is InChI=1S/C47H81N5O12Si2/c1-44(2,3)61-34(54)24-23-32(48)40(56)50-27-18-26-49-35(42(57)62-45(4,5)6)36(55)37-38(63-65(14,15)46(7,8)9)39(64-66(16,17)47(10,11)12)41(60-37)51-28-25-33(53)52(43(51)58)29-30-19-21-31(59-13)22-20-30/h19-22,25,28,32,35-39,41,49,55H,18,23-24,26-27,29,48H2,1-17H3,(H,50,56)/t32-,35-,36+,37+,38+,39+,41+/m0/s1. The number of carbonyl (C=O) groups excluding carboxylic acids is 3. The molecule has 374 valence electrons. The van der Waals surface area contributed by atoms with Crippen molar-refractivity contribution < 1.29 is 47.3 Å². The molecule has 0 saturated carbocycles. The smallest absolute Gasteiger partial charge is 0.333 e. The van der Waals surface area contributed by atoms with Gasteiger partial charge in [-0.25, -0.2) is 4.79 Å². The van der Waals surface area contributed by atoms with Crippen LogP contribution in [0.25, 0.3) is 0 Å². The quantitative estimate of drug-likeness (QED) is 0.0746. The van der Waals surface area contributed by atoms with Gasteiger partial charge in [-0.15, -0.1) is 0 Å². The number of aromatic nitrogens is 2. The highest BCUT2D eigenvalue weighted by Gasteiger charge is 2.58. The molecule has 5 N–H and O–H groups in total. The molecule has 19 heteroatoms. The first kappa shape index (κ1) is 56.6. The topological polar surface area (TPSA) is 221 Å². The molecule has 1 saturated heterocycles. The van der Waals surface area contributed by atoms with Crippen LogP contribution in [0.1, 0.15) is 114 Å². The first-order valence-corrected chi connectivity index (χ1v) is 28.8. The van der Waals surface area contributed by atoms with Crippen LogP contribution in [0.4, 0.5) is 0 Å². The van der Waals surface area contributed by atoms with Gasteiger partial charge in [0.1, 0.15) is 47.4 Å². The van der Waals surface area contributed by atoms with Gasteiger partial charge in [0.15, 0.2) is 22.9 Å². The largest absolute Gasteiger partial charge is 0.497 e. The average molecular weight is 964 g/mol. The molecule has 0 unspecified atom stereocenters. The first-order chi connectivity index (χ1) is 30.1.